The van der Waals surface area contributed by atoms with E-state index in [2.05, 4.69) is 32.7 Å². The number of nitrogens with zero attached hydrogens (tertiary/aromatic N) is 2. The second-order valence-corrected chi connectivity index (χ2v) is 9.27. The van der Waals surface area contributed by atoms with Crippen molar-refractivity contribution in [1.82, 2.24) is 15.5 Å². The standard InChI is InChI=1S/C24H34N4O2S.HI/c1-25-24(26-13-16-31(29)19-20-9-4-3-5-10-20)27-18-23(28-14-6-7-15-28)21-11-8-12-22(17-21)30-2;/h3-5,8-12,17,23H,6-7,13-16,18-19H2,1-2H3,(H2,25,26,27);1H. The lowest BCUT2D eigenvalue weighted by Gasteiger charge is -2.29. The molecule has 1 aliphatic rings. The molecule has 2 atom stereocenters. The van der Waals surface area contributed by atoms with Crippen molar-refractivity contribution < 1.29 is 8.95 Å². The Hall–Kier alpha value is -1.65. The SMILES string of the molecule is CN=C(NCCS(=O)Cc1ccccc1)NCC(c1cccc(OC)c1)N1CCCC1.I. The molecule has 32 heavy (non-hydrogen) atoms. The molecule has 6 nitrogen and oxygen atoms in total. The molecule has 8 heteroatoms. The van der Waals surface area contributed by atoms with Crippen molar-refractivity contribution in [1.29, 1.82) is 0 Å². The predicted octanol–water partition coefficient (Wildman–Crippen LogP) is 3.56. The van der Waals surface area contributed by atoms with E-state index < -0.39 is 10.8 Å². The molecule has 1 heterocycles. The van der Waals surface area contributed by atoms with Crippen molar-refractivity contribution in [2.24, 2.45) is 4.99 Å². The van der Waals surface area contributed by atoms with Crippen molar-refractivity contribution in [3.8, 4) is 5.75 Å². The molecule has 0 aliphatic carbocycles. The molecule has 3 rings (SSSR count). The van der Waals surface area contributed by atoms with Crippen molar-refractivity contribution >= 4 is 40.7 Å². The summed E-state index contributed by atoms with van der Waals surface area (Å²) in [5.74, 6) is 2.79. The number of methoxy groups -OCH3 is 1. The number of nitrogens with one attached hydrogen (secondary N) is 2. The van der Waals surface area contributed by atoms with Gasteiger partial charge >= 0.3 is 0 Å². The smallest absolute Gasteiger partial charge is 0.191 e. The first-order chi connectivity index (χ1) is 15.2. The van der Waals surface area contributed by atoms with Crippen molar-refractivity contribution in [2.45, 2.75) is 24.6 Å². The minimum absolute atomic E-state index is 0. The van der Waals surface area contributed by atoms with Gasteiger partial charge in [0.25, 0.3) is 0 Å². The number of ether oxygens (including phenoxy) is 1. The topological polar surface area (TPSA) is 66.0 Å². The van der Waals surface area contributed by atoms with Crippen LogP contribution in [0, 0.1) is 0 Å². The molecule has 2 aromatic carbocycles. The van der Waals surface area contributed by atoms with Gasteiger partial charge in [-0.3, -0.25) is 14.1 Å². The number of hydrogen-bond donors (Lipinski definition) is 2. The van der Waals surface area contributed by atoms with Gasteiger partial charge in [-0.2, -0.15) is 0 Å². The Morgan fingerprint density at radius 2 is 1.88 bits per heavy atom. The fourth-order valence-electron chi connectivity index (χ4n) is 3.89. The van der Waals surface area contributed by atoms with E-state index >= 15 is 0 Å². The van der Waals surface area contributed by atoms with Gasteiger partial charge in [-0.1, -0.05) is 42.5 Å². The second-order valence-electron chi connectivity index (χ2n) is 7.69. The van der Waals surface area contributed by atoms with Crippen LogP contribution in [0.3, 0.4) is 0 Å². The van der Waals surface area contributed by atoms with Crippen molar-refractivity contribution in [3.05, 3.63) is 65.7 Å². The number of aliphatic imine (C=N–C) groups is 1. The zero-order valence-corrected chi connectivity index (χ0v) is 22.1. The molecule has 2 N–H and O–H groups in total. The highest BCUT2D eigenvalue weighted by Gasteiger charge is 2.24. The molecular formula is C24H35IN4O2S. The third-order valence-corrected chi connectivity index (χ3v) is 6.85. The summed E-state index contributed by atoms with van der Waals surface area (Å²) in [6.45, 7) is 3.58. The quantitative estimate of drug-likeness (QED) is 0.260. The zero-order valence-electron chi connectivity index (χ0n) is 19.0. The molecular weight excluding hydrogens is 535 g/mol. The lowest BCUT2D eigenvalue weighted by Crippen LogP contribution is -2.43. The van der Waals surface area contributed by atoms with Crippen molar-refractivity contribution in [3.63, 3.8) is 0 Å². The Kier molecular flexibility index (Phi) is 12.0. The highest BCUT2D eigenvalue weighted by molar-refractivity contribution is 14.0. The molecule has 1 aliphatic heterocycles. The minimum atomic E-state index is -0.905. The number of rotatable bonds is 10. The number of guanidine groups is 1. The molecule has 2 aromatic rings. The predicted molar refractivity (Wildman–Crippen MR) is 144 cm³/mol. The Morgan fingerprint density at radius 3 is 2.56 bits per heavy atom. The van der Waals surface area contributed by atoms with E-state index in [1.54, 1.807) is 14.2 Å². The number of halogens is 1. The van der Waals surface area contributed by atoms with Crippen LogP contribution >= 0.6 is 24.0 Å². The summed E-state index contributed by atoms with van der Waals surface area (Å²) in [6.07, 6.45) is 2.47. The molecule has 176 valence electrons. The van der Waals surface area contributed by atoms with Crippen LogP contribution in [0.25, 0.3) is 0 Å². The fraction of sp³-hybridized carbons (Fsp3) is 0.458. The van der Waals surface area contributed by atoms with Gasteiger partial charge in [0.05, 0.1) is 13.2 Å². The van der Waals surface area contributed by atoms with Gasteiger partial charge in [0.1, 0.15) is 5.75 Å². The van der Waals surface area contributed by atoms with Crippen LogP contribution in [0.2, 0.25) is 0 Å². The van der Waals surface area contributed by atoms with E-state index in [0.29, 0.717) is 18.1 Å². The van der Waals surface area contributed by atoms with E-state index in [4.69, 9.17) is 4.74 Å². The van der Waals surface area contributed by atoms with Gasteiger partial charge in [0.15, 0.2) is 5.96 Å². The Morgan fingerprint density at radius 1 is 1.12 bits per heavy atom. The summed E-state index contributed by atoms with van der Waals surface area (Å²) < 4.78 is 17.8. The maximum absolute atomic E-state index is 12.4. The zero-order chi connectivity index (χ0) is 21.9. The molecule has 0 amide bonds. The second kappa shape index (κ2) is 14.5. The van der Waals surface area contributed by atoms with E-state index in [0.717, 1.165) is 36.9 Å². The number of benzene rings is 2. The third-order valence-electron chi connectivity index (χ3n) is 5.54. The van der Waals surface area contributed by atoms with Gasteiger partial charge in [0, 0.05) is 42.4 Å². The average molecular weight is 571 g/mol. The molecule has 0 saturated carbocycles. The summed E-state index contributed by atoms with van der Waals surface area (Å²) in [6, 6.07) is 18.5. The summed E-state index contributed by atoms with van der Waals surface area (Å²) in [5, 5.41) is 6.77. The molecule has 2 unspecified atom stereocenters. The minimum Gasteiger partial charge on any atom is -0.497 e. The monoisotopic (exact) mass is 570 g/mol. The highest BCUT2D eigenvalue weighted by atomic mass is 127. The third kappa shape index (κ3) is 8.37. The molecule has 0 radical (unpaired) electrons. The Balaban J connectivity index is 0.00000363. The number of likely N-dealkylation sites (tertiary alicyclic amines) is 1. The molecule has 1 fully saturated rings. The first-order valence-corrected chi connectivity index (χ1v) is 12.4. The maximum Gasteiger partial charge on any atom is 0.191 e. The van der Waals surface area contributed by atoms with Crippen LogP contribution in [0.1, 0.15) is 30.0 Å². The van der Waals surface area contributed by atoms with Crippen LogP contribution in [0.15, 0.2) is 59.6 Å². The largest absolute Gasteiger partial charge is 0.497 e. The van der Waals surface area contributed by atoms with Crippen LogP contribution < -0.4 is 15.4 Å². The maximum atomic E-state index is 12.4. The average Bonchev–Trinajstić information content (AvgIpc) is 3.33. The highest BCUT2D eigenvalue weighted by Crippen LogP contribution is 2.27. The van der Waals surface area contributed by atoms with E-state index in [1.165, 1.54) is 18.4 Å². The molecule has 1 saturated heterocycles. The summed E-state index contributed by atoms with van der Waals surface area (Å²) >= 11 is 0. The summed E-state index contributed by atoms with van der Waals surface area (Å²) in [5.41, 5.74) is 2.35. The first-order valence-electron chi connectivity index (χ1n) is 10.9. The van der Waals surface area contributed by atoms with Crippen molar-refractivity contribution in [2.75, 3.05) is 46.1 Å². The summed E-state index contributed by atoms with van der Waals surface area (Å²) in [4.78, 5) is 6.86. The Bertz CT molecular complexity index is 860. The normalized spacial score (nSPS) is 16.1. The first kappa shape index (κ1) is 26.6. The van der Waals surface area contributed by atoms with Gasteiger partial charge in [-0.15, -0.1) is 24.0 Å². The van der Waals surface area contributed by atoms with E-state index in [9.17, 15) is 4.21 Å². The number of hydrogen-bond acceptors (Lipinski definition) is 4. The summed E-state index contributed by atoms with van der Waals surface area (Å²) in [7, 11) is 2.57. The lowest BCUT2D eigenvalue weighted by atomic mass is 10.1. The lowest BCUT2D eigenvalue weighted by molar-refractivity contribution is 0.245. The van der Waals surface area contributed by atoms with E-state index in [-0.39, 0.29) is 30.0 Å². The van der Waals surface area contributed by atoms with Crippen LogP contribution in [0.5, 0.6) is 5.75 Å². The van der Waals surface area contributed by atoms with Crippen LogP contribution in [-0.2, 0) is 16.6 Å². The van der Waals surface area contributed by atoms with Crippen LogP contribution in [0.4, 0.5) is 0 Å². The fourth-order valence-corrected chi connectivity index (χ4v) is 4.93. The van der Waals surface area contributed by atoms with Crippen LogP contribution in [-0.4, -0.2) is 61.2 Å². The molecule has 0 spiro atoms. The van der Waals surface area contributed by atoms with Gasteiger partial charge in [-0.25, -0.2) is 0 Å². The molecule has 0 aromatic heterocycles. The Labute approximate surface area is 211 Å². The van der Waals surface area contributed by atoms with Gasteiger partial charge < -0.3 is 15.4 Å². The van der Waals surface area contributed by atoms with Gasteiger partial charge in [-0.05, 0) is 49.2 Å². The van der Waals surface area contributed by atoms with E-state index in [1.807, 2.05) is 42.5 Å². The van der Waals surface area contributed by atoms with Gasteiger partial charge in [0.2, 0.25) is 0 Å². The molecule has 0 bridgehead atoms.